The van der Waals surface area contributed by atoms with E-state index in [9.17, 15) is 4.79 Å². The minimum atomic E-state index is -0.255. The topological polar surface area (TPSA) is 48.0 Å². The van der Waals surface area contributed by atoms with Crippen LogP contribution in [0, 0.1) is 0 Å². The molecule has 0 aliphatic rings. The van der Waals surface area contributed by atoms with Gasteiger partial charge in [-0.3, -0.25) is 4.79 Å². The fourth-order valence-electron chi connectivity index (χ4n) is 2.70. The van der Waals surface area contributed by atoms with Crippen molar-refractivity contribution < 1.29 is 0 Å². The van der Waals surface area contributed by atoms with Crippen LogP contribution in [0.3, 0.4) is 0 Å². The number of benzene rings is 1. The lowest BCUT2D eigenvalue weighted by Crippen LogP contribution is -2.29. The summed E-state index contributed by atoms with van der Waals surface area (Å²) < 4.78 is 1.84. The van der Waals surface area contributed by atoms with E-state index in [2.05, 4.69) is 38.1 Å². The van der Waals surface area contributed by atoms with E-state index in [1.54, 1.807) is 0 Å². The van der Waals surface area contributed by atoms with E-state index in [0.29, 0.717) is 11.5 Å². The van der Waals surface area contributed by atoms with E-state index in [1.807, 2.05) is 37.5 Å². The van der Waals surface area contributed by atoms with Crippen LogP contribution in [-0.2, 0) is 0 Å². The van der Waals surface area contributed by atoms with Crippen molar-refractivity contribution in [2.24, 2.45) is 5.73 Å². The minimum absolute atomic E-state index is 0.00966. The normalized spacial score (nSPS) is 12.9. The molecule has 1 unspecified atom stereocenters. The second-order valence-electron chi connectivity index (χ2n) is 6.51. The third-order valence-electron chi connectivity index (χ3n) is 4.03. The number of hydrogen-bond acceptors (Lipinski definition) is 2. The molecule has 1 aromatic heterocycles. The smallest absolute Gasteiger partial charge is 0.256 e. The van der Waals surface area contributed by atoms with E-state index in [0.717, 1.165) is 11.3 Å². The molecule has 118 valence electrons. The van der Waals surface area contributed by atoms with Gasteiger partial charge >= 0.3 is 0 Å². The molecule has 0 radical (unpaired) electrons. The third kappa shape index (κ3) is 3.14. The first kappa shape index (κ1) is 16.5. The molecule has 0 aliphatic heterocycles. The van der Waals surface area contributed by atoms with E-state index in [-0.39, 0.29) is 17.6 Å². The molecule has 3 heteroatoms. The highest BCUT2D eigenvalue weighted by Crippen LogP contribution is 2.24. The predicted octanol–water partition coefficient (Wildman–Crippen LogP) is 4.24. The van der Waals surface area contributed by atoms with Crippen LogP contribution in [0.5, 0.6) is 0 Å². The van der Waals surface area contributed by atoms with Crippen molar-refractivity contribution in [2.75, 3.05) is 0 Å². The molecule has 2 aromatic rings. The summed E-state index contributed by atoms with van der Waals surface area (Å²) in [5, 5.41) is 0. The Morgan fingerprint density at radius 1 is 0.909 bits per heavy atom. The largest absolute Gasteiger partial charge is 0.324 e. The van der Waals surface area contributed by atoms with Crippen molar-refractivity contribution in [1.29, 1.82) is 0 Å². The zero-order chi connectivity index (χ0) is 16.4. The SMILES string of the molecule is CC(C)c1ccc(-c2ccc(C(C)N)c(=O)n2C(C)C)cc1. The lowest BCUT2D eigenvalue weighted by Gasteiger charge is -2.19. The maximum Gasteiger partial charge on any atom is 0.256 e. The van der Waals surface area contributed by atoms with Gasteiger partial charge in [-0.2, -0.15) is 0 Å². The lowest BCUT2D eigenvalue weighted by molar-refractivity contribution is 0.574. The summed E-state index contributed by atoms with van der Waals surface area (Å²) in [7, 11) is 0. The van der Waals surface area contributed by atoms with Crippen molar-refractivity contribution in [3.05, 3.63) is 57.9 Å². The standard InChI is InChI=1S/C19H26N2O/c1-12(2)15-6-8-16(9-7-15)18-11-10-17(14(5)20)19(22)21(18)13(3)4/h6-14H,20H2,1-5H3. The molecular formula is C19H26N2O. The number of rotatable bonds is 4. The molecule has 0 spiro atoms. The van der Waals surface area contributed by atoms with Gasteiger partial charge in [-0.05, 0) is 49.9 Å². The van der Waals surface area contributed by atoms with E-state index in [4.69, 9.17) is 5.73 Å². The number of nitrogens with two attached hydrogens (primary N) is 1. The van der Waals surface area contributed by atoms with Gasteiger partial charge in [-0.1, -0.05) is 38.1 Å². The average molecular weight is 298 g/mol. The monoisotopic (exact) mass is 298 g/mol. The van der Waals surface area contributed by atoms with E-state index >= 15 is 0 Å². The van der Waals surface area contributed by atoms with Crippen LogP contribution in [0.25, 0.3) is 11.3 Å². The summed E-state index contributed by atoms with van der Waals surface area (Å²) in [5.41, 5.74) is 9.89. The van der Waals surface area contributed by atoms with Gasteiger partial charge in [0.1, 0.15) is 0 Å². The van der Waals surface area contributed by atoms with Gasteiger partial charge in [0.2, 0.25) is 0 Å². The molecule has 1 aromatic carbocycles. The molecule has 0 fully saturated rings. The van der Waals surface area contributed by atoms with Gasteiger partial charge < -0.3 is 10.3 Å². The zero-order valence-corrected chi connectivity index (χ0v) is 14.1. The Balaban J connectivity index is 2.60. The number of pyridine rings is 1. The Morgan fingerprint density at radius 3 is 1.95 bits per heavy atom. The summed E-state index contributed by atoms with van der Waals surface area (Å²) in [6.07, 6.45) is 0. The summed E-state index contributed by atoms with van der Waals surface area (Å²) in [6.45, 7) is 10.3. The van der Waals surface area contributed by atoms with Crippen LogP contribution < -0.4 is 11.3 Å². The first-order valence-corrected chi connectivity index (χ1v) is 7.94. The lowest BCUT2D eigenvalue weighted by atomic mass is 10.00. The van der Waals surface area contributed by atoms with Crippen LogP contribution in [0.15, 0.2) is 41.2 Å². The van der Waals surface area contributed by atoms with E-state index in [1.165, 1.54) is 5.56 Å². The molecule has 3 nitrogen and oxygen atoms in total. The summed E-state index contributed by atoms with van der Waals surface area (Å²) in [5.74, 6) is 0.502. The maximum absolute atomic E-state index is 12.7. The fraction of sp³-hybridized carbons (Fsp3) is 0.421. The van der Waals surface area contributed by atoms with Crippen LogP contribution in [0.4, 0.5) is 0 Å². The Morgan fingerprint density at radius 2 is 1.50 bits per heavy atom. The molecule has 2 N–H and O–H groups in total. The summed E-state index contributed by atoms with van der Waals surface area (Å²) in [4.78, 5) is 12.7. The summed E-state index contributed by atoms with van der Waals surface area (Å²) >= 11 is 0. The molecule has 0 saturated heterocycles. The highest BCUT2D eigenvalue weighted by Gasteiger charge is 2.15. The molecule has 0 saturated carbocycles. The van der Waals surface area contributed by atoms with Gasteiger partial charge in [0.15, 0.2) is 0 Å². The summed E-state index contributed by atoms with van der Waals surface area (Å²) in [6, 6.07) is 12.1. The number of aromatic nitrogens is 1. The molecule has 0 amide bonds. The molecule has 0 aliphatic carbocycles. The molecule has 2 rings (SSSR count). The maximum atomic E-state index is 12.7. The van der Waals surface area contributed by atoms with Gasteiger partial charge in [-0.25, -0.2) is 0 Å². The van der Waals surface area contributed by atoms with Gasteiger partial charge in [0.05, 0.1) is 5.69 Å². The van der Waals surface area contributed by atoms with Crippen molar-refractivity contribution in [2.45, 2.75) is 52.6 Å². The second-order valence-corrected chi connectivity index (χ2v) is 6.51. The number of nitrogens with zero attached hydrogens (tertiary/aromatic N) is 1. The Labute approximate surface area is 132 Å². The van der Waals surface area contributed by atoms with E-state index < -0.39 is 0 Å². The van der Waals surface area contributed by atoms with Crippen LogP contribution in [0.2, 0.25) is 0 Å². The molecule has 1 atom stereocenters. The average Bonchev–Trinajstić information content (AvgIpc) is 2.46. The second kappa shape index (κ2) is 6.49. The number of hydrogen-bond donors (Lipinski definition) is 1. The highest BCUT2D eigenvalue weighted by molar-refractivity contribution is 5.60. The molecule has 1 heterocycles. The van der Waals surface area contributed by atoms with Crippen molar-refractivity contribution >= 4 is 0 Å². The predicted molar refractivity (Wildman–Crippen MR) is 93.2 cm³/mol. The van der Waals surface area contributed by atoms with Gasteiger partial charge in [0, 0.05) is 17.6 Å². The Kier molecular flexibility index (Phi) is 4.87. The van der Waals surface area contributed by atoms with Crippen molar-refractivity contribution in [1.82, 2.24) is 4.57 Å². The molecular weight excluding hydrogens is 272 g/mol. The van der Waals surface area contributed by atoms with Crippen LogP contribution in [0.1, 0.15) is 63.7 Å². The Bertz CT molecular complexity index is 694. The van der Waals surface area contributed by atoms with Gasteiger partial charge in [-0.15, -0.1) is 0 Å². The third-order valence-corrected chi connectivity index (χ3v) is 4.03. The van der Waals surface area contributed by atoms with Crippen LogP contribution >= 0.6 is 0 Å². The Hall–Kier alpha value is -1.87. The van der Waals surface area contributed by atoms with Gasteiger partial charge in [0.25, 0.3) is 5.56 Å². The highest BCUT2D eigenvalue weighted by atomic mass is 16.1. The van der Waals surface area contributed by atoms with Crippen molar-refractivity contribution in [3.8, 4) is 11.3 Å². The molecule has 22 heavy (non-hydrogen) atoms. The fourth-order valence-corrected chi connectivity index (χ4v) is 2.70. The first-order chi connectivity index (χ1) is 10.3. The molecule has 0 bridgehead atoms. The van der Waals surface area contributed by atoms with Crippen molar-refractivity contribution in [3.63, 3.8) is 0 Å². The minimum Gasteiger partial charge on any atom is -0.324 e. The quantitative estimate of drug-likeness (QED) is 0.917. The van der Waals surface area contributed by atoms with Crippen LogP contribution in [-0.4, -0.2) is 4.57 Å². The zero-order valence-electron chi connectivity index (χ0n) is 14.1. The first-order valence-electron chi connectivity index (χ1n) is 7.94.